The number of rotatable bonds is 7. The number of amides is 1. The van der Waals surface area contributed by atoms with E-state index in [0.717, 1.165) is 32.1 Å². The zero-order valence-electron chi connectivity index (χ0n) is 15.0. The minimum Gasteiger partial charge on any atom is -0.464 e. The van der Waals surface area contributed by atoms with E-state index in [9.17, 15) is 9.59 Å². The molecule has 0 saturated heterocycles. The van der Waals surface area contributed by atoms with Gasteiger partial charge in [0, 0.05) is 12.7 Å². The fourth-order valence-electron chi connectivity index (χ4n) is 3.35. The lowest BCUT2D eigenvalue weighted by molar-refractivity contribution is -0.147. The largest absolute Gasteiger partial charge is 0.464 e. The maximum absolute atomic E-state index is 12.6. The summed E-state index contributed by atoms with van der Waals surface area (Å²) in [5.74, 6) is 0.252. The molecule has 2 rings (SSSR count). The summed E-state index contributed by atoms with van der Waals surface area (Å²) in [4.78, 5) is 25.0. The molecule has 0 aliphatic heterocycles. The van der Waals surface area contributed by atoms with Crippen molar-refractivity contribution in [2.24, 2.45) is 11.8 Å². The van der Waals surface area contributed by atoms with Crippen LogP contribution in [-0.2, 0) is 16.1 Å². The van der Waals surface area contributed by atoms with E-state index in [2.05, 4.69) is 17.3 Å². The predicted molar refractivity (Wildman–Crippen MR) is 91.5 cm³/mol. The van der Waals surface area contributed by atoms with Crippen LogP contribution in [0.4, 0.5) is 0 Å². The molecule has 1 aliphatic carbocycles. The molecule has 1 saturated carbocycles. The average molecular weight is 335 g/mol. The van der Waals surface area contributed by atoms with E-state index in [0.29, 0.717) is 24.8 Å². The summed E-state index contributed by atoms with van der Waals surface area (Å²) in [6.07, 6.45) is 6.57. The first-order valence-corrected chi connectivity index (χ1v) is 9.06. The molecule has 1 atom stereocenters. The number of aryl methyl sites for hydroxylation is 1. The van der Waals surface area contributed by atoms with Crippen LogP contribution in [0.1, 0.15) is 63.4 Å². The number of carbonyl (C=O) groups is 2. The van der Waals surface area contributed by atoms with Crippen molar-refractivity contribution in [1.29, 1.82) is 0 Å². The Bertz CT molecular complexity index is 547. The highest BCUT2D eigenvalue weighted by molar-refractivity contribution is 5.95. The van der Waals surface area contributed by atoms with E-state index in [1.54, 1.807) is 23.9 Å². The van der Waals surface area contributed by atoms with Crippen LogP contribution in [0.25, 0.3) is 0 Å². The molecule has 0 unspecified atom stereocenters. The molecule has 1 N–H and O–H groups in total. The number of aromatic nitrogens is 2. The average Bonchev–Trinajstić information content (AvgIpc) is 3.02. The summed E-state index contributed by atoms with van der Waals surface area (Å²) in [6.45, 7) is 7.06. The molecular weight excluding hydrogens is 306 g/mol. The van der Waals surface area contributed by atoms with Gasteiger partial charge in [0.1, 0.15) is 11.7 Å². The van der Waals surface area contributed by atoms with Gasteiger partial charge in [-0.05, 0) is 44.1 Å². The van der Waals surface area contributed by atoms with Crippen molar-refractivity contribution in [3.8, 4) is 0 Å². The standard InChI is InChI=1S/C18H29N3O3/c1-4-12-21-15(10-11-19-21)17(22)20-16(18(23)24-5-2)14-8-6-13(3)7-9-14/h10-11,13-14,16H,4-9,12H2,1-3H3,(H,20,22)/t13?,14?,16-/m0/s1. The fourth-order valence-corrected chi connectivity index (χ4v) is 3.35. The molecule has 24 heavy (non-hydrogen) atoms. The highest BCUT2D eigenvalue weighted by Crippen LogP contribution is 2.31. The summed E-state index contributed by atoms with van der Waals surface area (Å²) < 4.78 is 6.89. The van der Waals surface area contributed by atoms with Gasteiger partial charge < -0.3 is 10.1 Å². The molecule has 0 spiro atoms. The minimum atomic E-state index is -0.574. The van der Waals surface area contributed by atoms with Crippen LogP contribution in [-0.4, -0.2) is 34.3 Å². The Labute approximate surface area is 143 Å². The number of hydrogen-bond donors (Lipinski definition) is 1. The van der Waals surface area contributed by atoms with E-state index in [1.807, 2.05) is 6.92 Å². The van der Waals surface area contributed by atoms with E-state index in [-0.39, 0.29) is 17.8 Å². The lowest BCUT2D eigenvalue weighted by Crippen LogP contribution is -2.48. The normalized spacial score (nSPS) is 22.0. The maximum Gasteiger partial charge on any atom is 0.328 e. The number of nitrogens with one attached hydrogen (secondary N) is 1. The van der Waals surface area contributed by atoms with E-state index in [1.165, 1.54) is 0 Å². The molecule has 0 aromatic carbocycles. The van der Waals surface area contributed by atoms with Crippen molar-refractivity contribution in [2.45, 2.75) is 65.5 Å². The van der Waals surface area contributed by atoms with Crippen molar-refractivity contribution in [1.82, 2.24) is 15.1 Å². The monoisotopic (exact) mass is 335 g/mol. The zero-order chi connectivity index (χ0) is 17.5. The number of carbonyl (C=O) groups excluding carboxylic acids is 2. The Kier molecular flexibility index (Phi) is 6.82. The molecule has 1 aromatic rings. The highest BCUT2D eigenvalue weighted by atomic mass is 16.5. The van der Waals surface area contributed by atoms with Gasteiger partial charge in [0.2, 0.25) is 0 Å². The van der Waals surface area contributed by atoms with Crippen molar-refractivity contribution in [3.63, 3.8) is 0 Å². The summed E-state index contributed by atoms with van der Waals surface area (Å²) >= 11 is 0. The lowest BCUT2D eigenvalue weighted by atomic mass is 9.79. The van der Waals surface area contributed by atoms with Crippen molar-refractivity contribution < 1.29 is 14.3 Å². The second-order valence-electron chi connectivity index (χ2n) is 6.66. The van der Waals surface area contributed by atoms with E-state index >= 15 is 0 Å². The Morgan fingerprint density at radius 1 is 1.33 bits per heavy atom. The zero-order valence-corrected chi connectivity index (χ0v) is 15.0. The molecule has 0 radical (unpaired) electrons. The maximum atomic E-state index is 12.6. The van der Waals surface area contributed by atoms with Crippen LogP contribution in [0.15, 0.2) is 12.3 Å². The fraction of sp³-hybridized carbons (Fsp3) is 0.722. The Morgan fingerprint density at radius 3 is 2.67 bits per heavy atom. The second kappa shape index (κ2) is 8.85. The van der Waals surface area contributed by atoms with Gasteiger partial charge in [-0.15, -0.1) is 0 Å². The summed E-state index contributed by atoms with van der Waals surface area (Å²) in [5.41, 5.74) is 0.496. The van der Waals surface area contributed by atoms with Gasteiger partial charge in [0.05, 0.1) is 6.61 Å². The summed E-state index contributed by atoms with van der Waals surface area (Å²) in [5, 5.41) is 7.09. The second-order valence-corrected chi connectivity index (χ2v) is 6.66. The van der Waals surface area contributed by atoms with Gasteiger partial charge in [-0.3, -0.25) is 9.48 Å². The third-order valence-electron chi connectivity index (χ3n) is 4.74. The van der Waals surface area contributed by atoms with Gasteiger partial charge >= 0.3 is 5.97 Å². The Hall–Kier alpha value is -1.85. The topological polar surface area (TPSA) is 73.2 Å². The molecule has 1 heterocycles. The van der Waals surface area contributed by atoms with Crippen molar-refractivity contribution in [2.75, 3.05) is 6.61 Å². The Morgan fingerprint density at radius 2 is 2.04 bits per heavy atom. The molecule has 1 aromatic heterocycles. The minimum absolute atomic E-state index is 0.145. The molecule has 1 amide bonds. The number of ether oxygens (including phenoxy) is 1. The van der Waals surface area contributed by atoms with Crippen molar-refractivity contribution >= 4 is 11.9 Å². The third kappa shape index (κ3) is 4.58. The molecular formula is C18H29N3O3. The molecule has 1 fully saturated rings. The predicted octanol–water partition coefficient (Wildman–Crippen LogP) is 2.78. The lowest BCUT2D eigenvalue weighted by Gasteiger charge is -2.31. The number of esters is 1. The smallest absolute Gasteiger partial charge is 0.328 e. The number of hydrogen-bond acceptors (Lipinski definition) is 4. The summed E-state index contributed by atoms with van der Waals surface area (Å²) in [7, 11) is 0. The highest BCUT2D eigenvalue weighted by Gasteiger charge is 2.34. The van der Waals surface area contributed by atoms with E-state index < -0.39 is 6.04 Å². The first kappa shape index (κ1) is 18.5. The molecule has 134 valence electrons. The van der Waals surface area contributed by atoms with Crippen LogP contribution in [0.3, 0.4) is 0 Å². The summed E-state index contributed by atoms with van der Waals surface area (Å²) in [6, 6.07) is 1.12. The van der Waals surface area contributed by atoms with Gasteiger partial charge in [0.15, 0.2) is 0 Å². The van der Waals surface area contributed by atoms with Gasteiger partial charge in [-0.25, -0.2) is 4.79 Å². The van der Waals surface area contributed by atoms with Crippen LogP contribution in [0, 0.1) is 11.8 Å². The first-order chi connectivity index (χ1) is 11.6. The molecule has 1 aliphatic rings. The van der Waals surface area contributed by atoms with Gasteiger partial charge in [0.25, 0.3) is 5.91 Å². The van der Waals surface area contributed by atoms with Crippen LogP contribution >= 0.6 is 0 Å². The van der Waals surface area contributed by atoms with Gasteiger partial charge in [-0.2, -0.15) is 5.10 Å². The van der Waals surface area contributed by atoms with Crippen LogP contribution in [0.5, 0.6) is 0 Å². The SMILES string of the molecule is CCCn1nccc1C(=O)N[C@H](C(=O)OCC)C1CCC(C)CC1. The Balaban J connectivity index is 2.10. The van der Waals surface area contributed by atoms with Crippen LogP contribution < -0.4 is 5.32 Å². The molecule has 0 bridgehead atoms. The quantitative estimate of drug-likeness (QED) is 0.778. The molecule has 6 heteroatoms. The number of nitrogens with zero attached hydrogens (tertiary/aromatic N) is 2. The van der Waals surface area contributed by atoms with E-state index in [4.69, 9.17) is 4.74 Å². The molecule has 6 nitrogen and oxygen atoms in total. The first-order valence-electron chi connectivity index (χ1n) is 9.06. The van der Waals surface area contributed by atoms with Crippen LogP contribution in [0.2, 0.25) is 0 Å². The van der Waals surface area contributed by atoms with Gasteiger partial charge in [-0.1, -0.05) is 26.7 Å². The third-order valence-corrected chi connectivity index (χ3v) is 4.74. The van der Waals surface area contributed by atoms with Crippen molar-refractivity contribution in [3.05, 3.63) is 18.0 Å².